The Morgan fingerprint density at radius 3 is 2.33 bits per heavy atom. The maximum Gasteiger partial charge on any atom is 0.222 e. The average molecular weight is 254 g/mol. The number of nitrogens with one attached hydrogen (secondary N) is 2. The molecule has 0 bridgehead atoms. The summed E-state index contributed by atoms with van der Waals surface area (Å²) in [6.45, 7) is 6.38. The molecule has 0 radical (unpaired) electrons. The maximum absolute atomic E-state index is 12.2. The standard InChI is InChI=1S/C15H30N2O/c1-5-9-14(2,3)17-13(18)12-15(16-4)10-7-6-8-11-15/h16H,5-12H2,1-4H3,(H,17,18). The summed E-state index contributed by atoms with van der Waals surface area (Å²) in [7, 11) is 2.00. The van der Waals surface area contributed by atoms with Crippen LogP contribution in [-0.4, -0.2) is 24.0 Å². The lowest BCUT2D eigenvalue weighted by molar-refractivity contribution is -0.124. The number of hydrogen-bond donors (Lipinski definition) is 2. The van der Waals surface area contributed by atoms with Crippen LogP contribution < -0.4 is 10.6 Å². The minimum absolute atomic E-state index is 0.0463. The molecule has 2 N–H and O–H groups in total. The molecule has 106 valence electrons. The van der Waals surface area contributed by atoms with Gasteiger partial charge < -0.3 is 10.6 Å². The second kappa shape index (κ2) is 6.55. The van der Waals surface area contributed by atoms with E-state index in [0.29, 0.717) is 6.42 Å². The SMILES string of the molecule is CCCC(C)(C)NC(=O)CC1(NC)CCCCC1. The number of rotatable bonds is 6. The van der Waals surface area contributed by atoms with Gasteiger partial charge in [0.1, 0.15) is 0 Å². The van der Waals surface area contributed by atoms with Gasteiger partial charge in [0.15, 0.2) is 0 Å². The average Bonchev–Trinajstić information content (AvgIpc) is 2.29. The van der Waals surface area contributed by atoms with Gasteiger partial charge in [-0.15, -0.1) is 0 Å². The lowest BCUT2D eigenvalue weighted by atomic mass is 9.79. The van der Waals surface area contributed by atoms with Gasteiger partial charge in [0.05, 0.1) is 0 Å². The molecule has 0 saturated heterocycles. The topological polar surface area (TPSA) is 41.1 Å². The van der Waals surface area contributed by atoms with E-state index in [1.165, 1.54) is 19.3 Å². The number of hydrogen-bond acceptors (Lipinski definition) is 2. The van der Waals surface area contributed by atoms with E-state index in [0.717, 1.165) is 25.7 Å². The maximum atomic E-state index is 12.2. The molecule has 3 nitrogen and oxygen atoms in total. The van der Waals surface area contributed by atoms with Gasteiger partial charge in [0.2, 0.25) is 5.91 Å². The van der Waals surface area contributed by atoms with Crippen LogP contribution in [0.1, 0.15) is 72.1 Å². The molecule has 0 aromatic carbocycles. The molecule has 0 aromatic rings. The third-order valence-corrected chi connectivity index (χ3v) is 4.19. The van der Waals surface area contributed by atoms with Crippen LogP contribution in [0.5, 0.6) is 0 Å². The molecule has 3 heteroatoms. The second-order valence-corrected chi connectivity index (χ2v) is 6.45. The molecular formula is C15H30N2O. The Morgan fingerprint density at radius 1 is 1.22 bits per heavy atom. The minimum Gasteiger partial charge on any atom is -0.351 e. The van der Waals surface area contributed by atoms with Gasteiger partial charge in [-0.3, -0.25) is 4.79 Å². The van der Waals surface area contributed by atoms with Gasteiger partial charge in [-0.25, -0.2) is 0 Å². The van der Waals surface area contributed by atoms with Gasteiger partial charge >= 0.3 is 0 Å². The van der Waals surface area contributed by atoms with E-state index < -0.39 is 0 Å². The van der Waals surface area contributed by atoms with Crippen molar-refractivity contribution in [2.24, 2.45) is 0 Å². The first-order chi connectivity index (χ1) is 8.43. The fourth-order valence-corrected chi connectivity index (χ4v) is 3.16. The fraction of sp³-hybridized carbons (Fsp3) is 0.933. The van der Waals surface area contributed by atoms with Crippen LogP contribution in [0.2, 0.25) is 0 Å². The molecular weight excluding hydrogens is 224 g/mol. The predicted octanol–water partition coefficient (Wildman–Crippen LogP) is 2.99. The van der Waals surface area contributed by atoms with Crippen molar-refractivity contribution >= 4 is 5.91 Å². The summed E-state index contributed by atoms with van der Waals surface area (Å²) >= 11 is 0. The summed E-state index contributed by atoms with van der Waals surface area (Å²) in [5.74, 6) is 0.199. The van der Waals surface area contributed by atoms with Gasteiger partial charge in [-0.1, -0.05) is 32.6 Å². The van der Waals surface area contributed by atoms with Gasteiger partial charge in [-0.05, 0) is 40.2 Å². The van der Waals surface area contributed by atoms with E-state index in [9.17, 15) is 4.79 Å². The van der Waals surface area contributed by atoms with Crippen molar-refractivity contribution in [3.8, 4) is 0 Å². The summed E-state index contributed by atoms with van der Waals surface area (Å²) < 4.78 is 0. The molecule has 1 amide bonds. The van der Waals surface area contributed by atoms with Crippen molar-refractivity contribution in [1.29, 1.82) is 0 Å². The monoisotopic (exact) mass is 254 g/mol. The number of carbonyl (C=O) groups is 1. The summed E-state index contributed by atoms with van der Waals surface area (Å²) in [6.07, 6.45) is 8.81. The highest BCUT2D eigenvalue weighted by molar-refractivity contribution is 5.78. The third kappa shape index (κ3) is 4.60. The van der Waals surface area contributed by atoms with Gasteiger partial charge in [-0.2, -0.15) is 0 Å². The fourth-order valence-electron chi connectivity index (χ4n) is 3.16. The van der Waals surface area contributed by atoms with Crippen LogP contribution in [0.25, 0.3) is 0 Å². The third-order valence-electron chi connectivity index (χ3n) is 4.19. The van der Waals surface area contributed by atoms with Gasteiger partial charge in [0, 0.05) is 17.5 Å². The molecule has 0 spiro atoms. The van der Waals surface area contributed by atoms with Crippen molar-refractivity contribution in [2.45, 2.75) is 83.2 Å². The van der Waals surface area contributed by atoms with E-state index in [-0.39, 0.29) is 17.0 Å². The molecule has 1 saturated carbocycles. The van der Waals surface area contributed by atoms with E-state index >= 15 is 0 Å². The zero-order chi connectivity index (χ0) is 13.6. The smallest absolute Gasteiger partial charge is 0.222 e. The number of carbonyl (C=O) groups excluding carboxylic acids is 1. The zero-order valence-corrected chi connectivity index (χ0v) is 12.6. The lowest BCUT2D eigenvalue weighted by Gasteiger charge is -2.38. The lowest BCUT2D eigenvalue weighted by Crippen LogP contribution is -2.51. The normalized spacial score (nSPS) is 19.6. The van der Waals surface area contributed by atoms with Crippen molar-refractivity contribution in [1.82, 2.24) is 10.6 Å². The molecule has 1 fully saturated rings. The minimum atomic E-state index is -0.0740. The van der Waals surface area contributed by atoms with Crippen LogP contribution in [0.3, 0.4) is 0 Å². The Morgan fingerprint density at radius 2 is 1.83 bits per heavy atom. The summed E-state index contributed by atoms with van der Waals surface area (Å²) in [6, 6.07) is 0. The van der Waals surface area contributed by atoms with Crippen molar-refractivity contribution in [3.63, 3.8) is 0 Å². The van der Waals surface area contributed by atoms with Crippen LogP contribution in [-0.2, 0) is 4.79 Å². The Labute approximate surface area is 112 Å². The quantitative estimate of drug-likeness (QED) is 0.765. The molecule has 0 unspecified atom stereocenters. The predicted molar refractivity (Wildman–Crippen MR) is 76.6 cm³/mol. The first-order valence-corrected chi connectivity index (χ1v) is 7.43. The molecule has 0 aromatic heterocycles. The molecule has 18 heavy (non-hydrogen) atoms. The Bertz CT molecular complexity index is 268. The Balaban J connectivity index is 2.51. The van der Waals surface area contributed by atoms with Crippen molar-refractivity contribution in [2.75, 3.05) is 7.05 Å². The Hall–Kier alpha value is -0.570. The van der Waals surface area contributed by atoms with E-state index in [4.69, 9.17) is 0 Å². The Kier molecular flexibility index (Phi) is 5.64. The van der Waals surface area contributed by atoms with Crippen molar-refractivity contribution < 1.29 is 4.79 Å². The van der Waals surface area contributed by atoms with Gasteiger partial charge in [0.25, 0.3) is 0 Å². The molecule has 0 heterocycles. The summed E-state index contributed by atoms with van der Waals surface area (Å²) in [4.78, 5) is 12.2. The van der Waals surface area contributed by atoms with E-state index in [1.54, 1.807) is 0 Å². The second-order valence-electron chi connectivity index (χ2n) is 6.45. The van der Waals surface area contributed by atoms with E-state index in [2.05, 4.69) is 31.4 Å². The first kappa shape index (κ1) is 15.5. The van der Waals surface area contributed by atoms with Crippen LogP contribution >= 0.6 is 0 Å². The summed E-state index contributed by atoms with van der Waals surface area (Å²) in [5, 5.41) is 6.59. The summed E-state index contributed by atoms with van der Waals surface area (Å²) in [5.41, 5.74) is -0.0277. The molecule has 0 atom stereocenters. The van der Waals surface area contributed by atoms with E-state index in [1.807, 2.05) is 7.05 Å². The zero-order valence-electron chi connectivity index (χ0n) is 12.6. The molecule has 1 aliphatic rings. The largest absolute Gasteiger partial charge is 0.351 e. The first-order valence-electron chi connectivity index (χ1n) is 7.43. The van der Waals surface area contributed by atoms with Crippen LogP contribution in [0.15, 0.2) is 0 Å². The van der Waals surface area contributed by atoms with Crippen LogP contribution in [0.4, 0.5) is 0 Å². The molecule has 1 aliphatic carbocycles. The highest BCUT2D eigenvalue weighted by atomic mass is 16.1. The van der Waals surface area contributed by atoms with Crippen LogP contribution in [0, 0.1) is 0 Å². The number of amides is 1. The highest BCUT2D eigenvalue weighted by Gasteiger charge is 2.33. The molecule has 1 rings (SSSR count). The molecule has 0 aliphatic heterocycles. The van der Waals surface area contributed by atoms with Crippen molar-refractivity contribution in [3.05, 3.63) is 0 Å². The highest BCUT2D eigenvalue weighted by Crippen LogP contribution is 2.30.